The average molecular weight is 274 g/mol. The van der Waals surface area contributed by atoms with Gasteiger partial charge >= 0.3 is 0 Å². The Kier molecular flexibility index (Phi) is 5.45. The first-order valence-corrected chi connectivity index (χ1v) is 7.83. The third-order valence-corrected chi connectivity index (χ3v) is 3.81. The number of nitrogens with one attached hydrogen (secondary N) is 2. The quantitative estimate of drug-likeness (QED) is 0.816. The summed E-state index contributed by atoms with van der Waals surface area (Å²) < 4.78 is 0. The molecule has 1 fully saturated rings. The van der Waals surface area contributed by atoms with Gasteiger partial charge in [-0.15, -0.1) is 0 Å². The largest absolute Gasteiger partial charge is 0.382 e. The summed E-state index contributed by atoms with van der Waals surface area (Å²) >= 11 is 0. The van der Waals surface area contributed by atoms with Crippen molar-refractivity contribution in [1.82, 2.24) is 5.32 Å². The molecule has 0 aliphatic heterocycles. The number of anilines is 1. The fraction of sp³-hybridized carbons (Fsp3) is 0.588. The van der Waals surface area contributed by atoms with E-state index in [0.29, 0.717) is 12.1 Å². The molecule has 1 aliphatic rings. The number of amides is 1. The molecule has 0 unspecified atom stereocenters. The van der Waals surface area contributed by atoms with Gasteiger partial charge in [-0.2, -0.15) is 0 Å². The van der Waals surface area contributed by atoms with Crippen molar-refractivity contribution in [3.05, 3.63) is 29.8 Å². The maximum absolute atomic E-state index is 12.5. The van der Waals surface area contributed by atoms with Gasteiger partial charge in [0.25, 0.3) is 5.91 Å². The molecule has 1 aromatic rings. The number of carbonyl (C=O) groups is 1. The highest BCUT2D eigenvalue weighted by atomic mass is 16.1. The molecule has 0 bridgehead atoms. The summed E-state index contributed by atoms with van der Waals surface area (Å²) in [5, 5.41) is 6.55. The van der Waals surface area contributed by atoms with E-state index in [2.05, 4.69) is 24.5 Å². The molecular weight excluding hydrogens is 248 g/mol. The van der Waals surface area contributed by atoms with Crippen LogP contribution < -0.4 is 10.6 Å². The van der Waals surface area contributed by atoms with Crippen molar-refractivity contribution in [2.24, 2.45) is 0 Å². The number of hydrogen-bond acceptors (Lipinski definition) is 2. The Morgan fingerprint density at radius 2 is 1.75 bits per heavy atom. The maximum atomic E-state index is 12.5. The Bertz CT molecular complexity index is 434. The molecule has 0 aromatic heterocycles. The van der Waals surface area contributed by atoms with Crippen molar-refractivity contribution >= 4 is 11.6 Å². The second-order valence-electron chi connectivity index (χ2n) is 6.01. The highest BCUT2D eigenvalue weighted by molar-refractivity contribution is 5.99. The standard InChI is InChI=1S/C17H26N2O/c1-13(2)18-16-12-8-7-11-15(16)17(20)19-14-9-5-3-4-6-10-14/h7-8,11-14,18H,3-6,9-10H2,1-2H3,(H,19,20). The van der Waals surface area contributed by atoms with E-state index in [1.165, 1.54) is 25.7 Å². The zero-order valence-corrected chi connectivity index (χ0v) is 12.6. The Hall–Kier alpha value is -1.51. The molecule has 1 amide bonds. The van der Waals surface area contributed by atoms with Gasteiger partial charge in [0, 0.05) is 17.8 Å². The van der Waals surface area contributed by atoms with Gasteiger partial charge in [0.1, 0.15) is 0 Å². The fourth-order valence-electron chi connectivity index (χ4n) is 2.80. The van der Waals surface area contributed by atoms with Crippen LogP contribution in [0.4, 0.5) is 5.69 Å². The highest BCUT2D eigenvalue weighted by Gasteiger charge is 2.17. The minimum atomic E-state index is 0.0562. The molecule has 1 aromatic carbocycles. The minimum Gasteiger partial charge on any atom is -0.382 e. The van der Waals surface area contributed by atoms with E-state index >= 15 is 0 Å². The van der Waals surface area contributed by atoms with Crippen LogP contribution in [0.3, 0.4) is 0 Å². The second kappa shape index (κ2) is 7.32. The van der Waals surface area contributed by atoms with Crippen molar-refractivity contribution in [2.45, 2.75) is 64.5 Å². The summed E-state index contributed by atoms with van der Waals surface area (Å²) in [5.41, 5.74) is 1.68. The summed E-state index contributed by atoms with van der Waals surface area (Å²) in [5.74, 6) is 0.0562. The van der Waals surface area contributed by atoms with E-state index in [0.717, 1.165) is 24.1 Å². The first-order valence-electron chi connectivity index (χ1n) is 7.83. The lowest BCUT2D eigenvalue weighted by atomic mass is 10.1. The third kappa shape index (κ3) is 4.26. The Morgan fingerprint density at radius 1 is 1.10 bits per heavy atom. The molecule has 0 saturated heterocycles. The molecule has 2 N–H and O–H groups in total. The van der Waals surface area contributed by atoms with Crippen LogP contribution in [0.25, 0.3) is 0 Å². The predicted octanol–water partition coefficient (Wildman–Crippen LogP) is 3.96. The molecule has 3 heteroatoms. The number of rotatable bonds is 4. The Balaban J connectivity index is 2.04. The highest BCUT2D eigenvalue weighted by Crippen LogP contribution is 2.20. The van der Waals surface area contributed by atoms with Gasteiger partial charge < -0.3 is 10.6 Å². The van der Waals surface area contributed by atoms with Gasteiger partial charge in [0.15, 0.2) is 0 Å². The van der Waals surface area contributed by atoms with Gasteiger partial charge in [-0.25, -0.2) is 0 Å². The molecule has 110 valence electrons. The summed E-state index contributed by atoms with van der Waals surface area (Å²) in [6.07, 6.45) is 7.31. The topological polar surface area (TPSA) is 41.1 Å². The number of hydrogen-bond donors (Lipinski definition) is 2. The van der Waals surface area contributed by atoms with Crippen LogP contribution >= 0.6 is 0 Å². The molecule has 0 spiro atoms. The molecule has 2 rings (SSSR count). The SMILES string of the molecule is CC(C)Nc1ccccc1C(=O)NC1CCCCCC1. The molecule has 0 heterocycles. The van der Waals surface area contributed by atoms with Gasteiger partial charge in [-0.3, -0.25) is 4.79 Å². The second-order valence-corrected chi connectivity index (χ2v) is 6.01. The van der Waals surface area contributed by atoms with Crippen LogP contribution in [0, 0.1) is 0 Å². The number of para-hydroxylation sites is 1. The lowest BCUT2D eigenvalue weighted by Gasteiger charge is -2.19. The van der Waals surface area contributed by atoms with Crippen LogP contribution in [0.15, 0.2) is 24.3 Å². The zero-order chi connectivity index (χ0) is 14.4. The van der Waals surface area contributed by atoms with Gasteiger partial charge in [0.2, 0.25) is 0 Å². The van der Waals surface area contributed by atoms with E-state index < -0.39 is 0 Å². The zero-order valence-electron chi connectivity index (χ0n) is 12.6. The first kappa shape index (κ1) is 14.9. The van der Waals surface area contributed by atoms with E-state index in [1.54, 1.807) is 0 Å². The minimum absolute atomic E-state index is 0.0562. The van der Waals surface area contributed by atoms with E-state index in [4.69, 9.17) is 0 Å². The Labute approximate surface area is 122 Å². The third-order valence-electron chi connectivity index (χ3n) is 3.81. The van der Waals surface area contributed by atoms with Crippen molar-refractivity contribution in [2.75, 3.05) is 5.32 Å². The molecule has 1 saturated carbocycles. The molecule has 20 heavy (non-hydrogen) atoms. The van der Waals surface area contributed by atoms with Crippen LogP contribution in [0.1, 0.15) is 62.7 Å². The summed E-state index contributed by atoms with van der Waals surface area (Å²) in [6, 6.07) is 8.43. The van der Waals surface area contributed by atoms with Crippen molar-refractivity contribution in [3.8, 4) is 0 Å². The molecule has 0 atom stereocenters. The van der Waals surface area contributed by atoms with Crippen molar-refractivity contribution in [3.63, 3.8) is 0 Å². The van der Waals surface area contributed by atoms with Crippen molar-refractivity contribution in [1.29, 1.82) is 0 Å². The lowest BCUT2D eigenvalue weighted by molar-refractivity contribution is 0.0934. The van der Waals surface area contributed by atoms with E-state index in [-0.39, 0.29) is 5.91 Å². The van der Waals surface area contributed by atoms with Crippen LogP contribution in [-0.2, 0) is 0 Å². The normalized spacial score (nSPS) is 16.8. The maximum Gasteiger partial charge on any atom is 0.253 e. The summed E-state index contributed by atoms with van der Waals surface area (Å²) in [6.45, 7) is 4.17. The van der Waals surface area contributed by atoms with E-state index in [1.807, 2.05) is 24.3 Å². The Morgan fingerprint density at radius 3 is 2.40 bits per heavy atom. The molecule has 3 nitrogen and oxygen atoms in total. The number of benzene rings is 1. The monoisotopic (exact) mass is 274 g/mol. The van der Waals surface area contributed by atoms with Crippen LogP contribution in [-0.4, -0.2) is 18.0 Å². The van der Waals surface area contributed by atoms with Crippen molar-refractivity contribution < 1.29 is 4.79 Å². The molecule has 1 aliphatic carbocycles. The van der Waals surface area contributed by atoms with Crippen LogP contribution in [0.5, 0.6) is 0 Å². The average Bonchev–Trinajstić information content (AvgIpc) is 2.67. The lowest BCUT2D eigenvalue weighted by Crippen LogP contribution is -2.35. The number of carbonyl (C=O) groups excluding carboxylic acids is 1. The summed E-state index contributed by atoms with van der Waals surface area (Å²) in [7, 11) is 0. The van der Waals surface area contributed by atoms with Gasteiger partial charge in [0.05, 0.1) is 5.56 Å². The van der Waals surface area contributed by atoms with Crippen LogP contribution in [0.2, 0.25) is 0 Å². The molecular formula is C17H26N2O. The first-order chi connectivity index (χ1) is 9.66. The molecule has 0 radical (unpaired) electrons. The fourth-order valence-corrected chi connectivity index (χ4v) is 2.80. The smallest absolute Gasteiger partial charge is 0.253 e. The van der Waals surface area contributed by atoms with Gasteiger partial charge in [-0.1, -0.05) is 37.8 Å². The predicted molar refractivity (Wildman–Crippen MR) is 84.2 cm³/mol. The van der Waals surface area contributed by atoms with E-state index in [9.17, 15) is 4.79 Å². The summed E-state index contributed by atoms with van der Waals surface area (Å²) in [4.78, 5) is 12.5. The van der Waals surface area contributed by atoms with Gasteiger partial charge in [-0.05, 0) is 38.8 Å².